The molecule has 2 heterocycles. The molecule has 1 saturated heterocycles. The van der Waals surface area contributed by atoms with Crippen LogP contribution >= 0.6 is 11.6 Å². The third-order valence-corrected chi connectivity index (χ3v) is 5.29. The van der Waals surface area contributed by atoms with Crippen molar-refractivity contribution in [1.82, 2.24) is 15.0 Å². The largest absolute Gasteiger partial charge is 0.380 e. The van der Waals surface area contributed by atoms with Crippen molar-refractivity contribution in [2.75, 3.05) is 18.4 Å². The van der Waals surface area contributed by atoms with E-state index in [9.17, 15) is 4.79 Å². The third kappa shape index (κ3) is 5.15. The summed E-state index contributed by atoms with van der Waals surface area (Å²) in [4.78, 5) is 18.9. The number of nitrogens with zero attached hydrogens (tertiary/aromatic N) is 3. The topological polar surface area (TPSA) is 71.3 Å². The number of anilines is 1. The molecule has 0 radical (unpaired) electrons. The molecule has 150 valence electrons. The fraction of sp³-hybridized carbons (Fsp3) is 0.318. The van der Waals surface area contributed by atoms with Crippen molar-refractivity contribution in [3.63, 3.8) is 0 Å². The molecule has 1 aliphatic rings. The first kappa shape index (κ1) is 19.5. The number of aromatic nitrogens is 2. The Morgan fingerprint density at radius 3 is 2.76 bits per heavy atom. The van der Waals surface area contributed by atoms with E-state index >= 15 is 0 Å². The molecule has 1 amide bonds. The van der Waals surface area contributed by atoms with Gasteiger partial charge in [-0.1, -0.05) is 35.0 Å². The van der Waals surface area contributed by atoms with Crippen LogP contribution in [0, 0.1) is 0 Å². The summed E-state index contributed by atoms with van der Waals surface area (Å²) < 4.78 is 5.31. The van der Waals surface area contributed by atoms with E-state index in [1.54, 1.807) is 12.1 Å². The fourth-order valence-electron chi connectivity index (χ4n) is 3.50. The summed E-state index contributed by atoms with van der Waals surface area (Å²) in [7, 11) is 0. The van der Waals surface area contributed by atoms with Gasteiger partial charge in [0.15, 0.2) is 0 Å². The minimum atomic E-state index is 0.180. The van der Waals surface area contributed by atoms with Crippen molar-refractivity contribution >= 4 is 23.2 Å². The maximum absolute atomic E-state index is 12.5. The van der Waals surface area contributed by atoms with Crippen LogP contribution in [0.2, 0.25) is 5.02 Å². The molecule has 29 heavy (non-hydrogen) atoms. The highest BCUT2D eigenvalue weighted by Crippen LogP contribution is 2.20. The third-order valence-electron chi connectivity index (χ3n) is 5.04. The second kappa shape index (κ2) is 9.09. The molecule has 1 aromatic heterocycles. The zero-order valence-corrected chi connectivity index (χ0v) is 16.8. The molecule has 0 aliphatic carbocycles. The van der Waals surface area contributed by atoms with Gasteiger partial charge in [0.25, 0.3) is 0 Å². The molecule has 0 bridgehead atoms. The van der Waals surface area contributed by atoms with Crippen molar-refractivity contribution in [2.45, 2.75) is 31.7 Å². The Kier molecular flexibility index (Phi) is 6.10. The van der Waals surface area contributed by atoms with Crippen molar-refractivity contribution < 1.29 is 9.32 Å². The van der Waals surface area contributed by atoms with Gasteiger partial charge < -0.3 is 14.7 Å². The second-order valence-corrected chi connectivity index (χ2v) is 7.64. The molecular formula is C22H23ClN4O2. The SMILES string of the molecule is O=C(CCCc1nc(-c2ccc(Cl)cc2)no1)N1CCC(Nc2ccccc2)C1. The number of rotatable bonds is 7. The molecule has 0 saturated carbocycles. The summed E-state index contributed by atoms with van der Waals surface area (Å²) in [6, 6.07) is 17.7. The van der Waals surface area contributed by atoms with E-state index in [-0.39, 0.29) is 5.91 Å². The Bertz CT molecular complexity index is 943. The van der Waals surface area contributed by atoms with Crippen LogP contribution in [0.15, 0.2) is 59.1 Å². The van der Waals surface area contributed by atoms with E-state index in [1.165, 1.54) is 0 Å². The number of para-hydroxylation sites is 1. The van der Waals surface area contributed by atoms with Crippen LogP contribution in [0.5, 0.6) is 0 Å². The van der Waals surface area contributed by atoms with Crippen LogP contribution < -0.4 is 5.32 Å². The van der Waals surface area contributed by atoms with E-state index in [1.807, 2.05) is 47.4 Å². The first-order valence-electron chi connectivity index (χ1n) is 9.85. The Hall–Kier alpha value is -2.86. The normalized spacial score (nSPS) is 16.2. The van der Waals surface area contributed by atoms with Crippen molar-refractivity contribution in [3.8, 4) is 11.4 Å². The number of benzene rings is 2. The average Bonchev–Trinajstić information content (AvgIpc) is 3.39. The number of carbonyl (C=O) groups is 1. The van der Waals surface area contributed by atoms with E-state index in [4.69, 9.17) is 16.1 Å². The molecule has 1 atom stereocenters. The number of nitrogens with one attached hydrogen (secondary N) is 1. The lowest BCUT2D eigenvalue weighted by molar-refractivity contribution is -0.130. The van der Waals surface area contributed by atoms with Crippen molar-refractivity contribution in [2.24, 2.45) is 0 Å². The van der Waals surface area contributed by atoms with Gasteiger partial charge in [-0.05, 0) is 49.2 Å². The number of halogens is 1. The van der Waals surface area contributed by atoms with Gasteiger partial charge in [-0.25, -0.2) is 0 Å². The van der Waals surface area contributed by atoms with Crippen molar-refractivity contribution in [1.29, 1.82) is 0 Å². The summed E-state index contributed by atoms with van der Waals surface area (Å²) in [6.07, 6.45) is 2.73. The van der Waals surface area contributed by atoms with Gasteiger partial charge in [0, 0.05) is 48.2 Å². The number of likely N-dealkylation sites (tertiary alicyclic amines) is 1. The lowest BCUT2D eigenvalue weighted by Crippen LogP contribution is -2.31. The van der Waals surface area contributed by atoms with Gasteiger partial charge in [0.1, 0.15) is 0 Å². The Morgan fingerprint density at radius 2 is 1.97 bits per heavy atom. The van der Waals surface area contributed by atoms with Crippen LogP contribution in [-0.2, 0) is 11.2 Å². The Morgan fingerprint density at radius 1 is 1.17 bits per heavy atom. The predicted octanol–water partition coefficient (Wildman–Crippen LogP) is 4.43. The van der Waals surface area contributed by atoms with Crippen LogP contribution in [0.4, 0.5) is 5.69 Å². The lowest BCUT2D eigenvalue weighted by atomic mass is 10.2. The number of aryl methyl sites for hydroxylation is 1. The molecule has 3 aromatic rings. The molecule has 0 spiro atoms. The van der Waals surface area contributed by atoms with Crippen LogP contribution in [-0.4, -0.2) is 40.1 Å². The second-order valence-electron chi connectivity index (χ2n) is 7.21. The molecule has 1 aliphatic heterocycles. The highest BCUT2D eigenvalue weighted by Gasteiger charge is 2.25. The van der Waals surface area contributed by atoms with E-state index < -0.39 is 0 Å². The first-order chi connectivity index (χ1) is 14.2. The fourth-order valence-corrected chi connectivity index (χ4v) is 3.62. The van der Waals surface area contributed by atoms with E-state index in [2.05, 4.69) is 15.5 Å². The predicted molar refractivity (Wildman–Crippen MR) is 113 cm³/mol. The minimum Gasteiger partial charge on any atom is -0.380 e. The van der Waals surface area contributed by atoms with Gasteiger partial charge in [0.2, 0.25) is 17.6 Å². The lowest BCUT2D eigenvalue weighted by Gasteiger charge is -2.17. The maximum Gasteiger partial charge on any atom is 0.226 e. The van der Waals surface area contributed by atoms with Crippen LogP contribution in [0.1, 0.15) is 25.2 Å². The molecule has 1 fully saturated rings. The standard InChI is InChI=1S/C22H23ClN4O2/c23-17-11-9-16(10-12-17)22-25-20(29-26-22)7-4-8-21(28)27-14-13-19(15-27)24-18-5-2-1-3-6-18/h1-3,5-6,9-12,19,24H,4,7-8,13-15H2. The number of carbonyl (C=O) groups excluding carboxylic acids is 1. The number of hydrogen-bond donors (Lipinski definition) is 1. The first-order valence-corrected chi connectivity index (χ1v) is 10.2. The van der Waals surface area contributed by atoms with Gasteiger partial charge in [0.05, 0.1) is 0 Å². The summed E-state index contributed by atoms with van der Waals surface area (Å²) in [5, 5.41) is 8.17. The molecule has 4 rings (SSSR count). The maximum atomic E-state index is 12.5. The molecule has 7 heteroatoms. The molecular weight excluding hydrogens is 388 g/mol. The smallest absolute Gasteiger partial charge is 0.226 e. The number of amides is 1. The van der Waals surface area contributed by atoms with Crippen LogP contribution in [0.25, 0.3) is 11.4 Å². The molecule has 1 N–H and O–H groups in total. The highest BCUT2D eigenvalue weighted by atomic mass is 35.5. The summed E-state index contributed by atoms with van der Waals surface area (Å²) >= 11 is 5.90. The van der Waals surface area contributed by atoms with Gasteiger partial charge >= 0.3 is 0 Å². The summed E-state index contributed by atoms with van der Waals surface area (Å²) in [5.41, 5.74) is 1.95. The summed E-state index contributed by atoms with van der Waals surface area (Å²) in [6.45, 7) is 1.54. The Labute approximate surface area is 174 Å². The van der Waals surface area contributed by atoms with Crippen LogP contribution in [0.3, 0.4) is 0 Å². The van der Waals surface area contributed by atoms with Gasteiger partial charge in [-0.15, -0.1) is 0 Å². The van der Waals surface area contributed by atoms with Gasteiger partial charge in [-0.3, -0.25) is 4.79 Å². The Balaban J connectivity index is 1.22. The highest BCUT2D eigenvalue weighted by molar-refractivity contribution is 6.30. The van der Waals surface area contributed by atoms with E-state index in [0.29, 0.717) is 42.0 Å². The van der Waals surface area contributed by atoms with Gasteiger partial charge in [-0.2, -0.15) is 4.98 Å². The molecule has 1 unspecified atom stereocenters. The van der Waals surface area contributed by atoms with Crippen molar-refractivity contribution in [3.05, 3.63) is 65.5 Å². The van der Waals surface area contributed by atoms with E-state index in [0.717, 1.165) is 30.8 Å². The zero-order valence-electron chi connectivity index (χ0n) is 16.1. The monoisotopic (exact) mass is 410 g/mol. The average molecular weight is 411 g/mol. The molecule has 6 nitrogen and oxygen atoms in total. The number of hydrogen-bond acceptors (Lipinski definition) is 5. The summed E-state index contributed by atoms with van der Waals surface area (Å²) in [5.74, 6) is 1.27. The quantitative estimate of drug-likeness (QED) is 0.624. The zero-order chi connectivity index (χ0) is 20.1. The molecule has 2 aromatic carbocycles. The minimum absolute atomic E-state index is 0.180.